The third-order valence-electron chi connectivity index (χ3n) is 4.80. The molecule has 0 atom stereocenters. The molecule has 32 heavy (non-hydrogen) atoms. The van der Waals surface area contributed by atoms with Crippen LogP contribution in [0.3, 0.4) is 0 Å². The Bertz CT molecular complexity index is 1310. The summed E-state index contributed by atoms with van der Waals surface area (Å²) >= 11 is 1.34. The fourth-order valence-corrected chi connectivity index (χ4v) is 4.08. The number of ether oxygens (including phenoxy) is 1. The fraction of sp³-hybridized carbons (Fsp3) is 0.167. The third kappa shape index (κ3) is 4.81. The van der Waals surface area contributed by atoms with Gasteiger partial charge >= 0.3 is 5.97 Å². The van der Waals surface area contributed by atoms with Crippen LogP contribution in [0.25, 0.3) is 22.6 Å². The van der Waals surface area contributed by atoms with Gasteiger partial charge in [-0.1, -0.05) is 42.1 Å². The van der Waals surface area contributed by atoms with E-state index in [1.807, 2.05) is 40.8 Å². The maximum Gasteiger partial charge on any atom is 0.330 e. The molecule has 0 spiro atoms. The summed E-state index contributed by atoms with van der Waals surface area (Å²) in [5, 5.41) is 13.2. The molecule has 0 saturated heterocycles. The highest BCUT2D eigenvalue weighted by Gasteiger charge is 2.13. The summed E-state index contributed by atoms with van der Waals surface area (Å²) < 4.78 is 6.83. The Labute approximate surface area is 189 Å². The zero-order valence-corrected chi connectivity index (χ0v) is 18.6. The van der Waals surface area contributed by atoms with Gasteiger partial charge in [0.1, 0.15) is 0 Å². The number of carbonyl (C=O) groups is 2. The predicted molar refractivity (Wildman–Crippen MR) is 127 cm³/mol. The number of thioether (sulfide) groups is 1. The van der Waals surface area contributed by atoms with Crippen LogP contribution in [0.2, 0.25) is 0 Å². The molecule has 2 heterocycles. The van der Waals surface area contributed by atoms with Gasteiger partial charge in [-0.25, -0.2) is 4.79 Å². The maximum atomic E-state index is 12.5. The van der Waals surface area contributed by atoms with Crippen molar-refractivity contribution in [3.63, 3.8) is 0 Å². The Morgan fingerprint density at radius 1 is 1.12 bits per heavy atom. The number of amides is 1. The number of aryl methyl sites for hydroxylation is 1. The van der Waals surface area contributed by atoms with Gasteiger partial charge in [-0.3, -0.25) is 9.20 Å². The van der Waals surface area contributed by atoms with Crippen LogP contribution in [0, 0.1) is 6.92 Å². The number of carbonyl (C=O) groups excluding carboxylic acids is 2. The molecule has 0 radical (unpaired) electrons. The zero-order chi connectivity index (χ0) is 22.5. The molecular weight excluding hydrogens is 424 g/mol. The number of nitrogens with one attached hydrogen (secondary N) is 1. The van der Waals surface area contributed by atoms with Gasteiger partial charge in [0, 0.05) is 17.1 Å². The number of benzene rings is 2. The molecule has 0 saturated carbocycles. The van der Waals surface area contributed by atoms with E-state index in [1.54, 1.807) is 25.1 Å². The zero-order valence-electron chi connectivity index (χ0n) is 17.7. The summed E-state index contributed by atoms with van der Waals surface area (Å²) in [5.74, 6) is -0.322. The number of anilines is 1. The highest BCUT2D eigenvalue weighted by Crippen LogP contribution is 2.25. The molecule has 2 aromatic heterocycles. The van der Waals surface area contributed by atoms with Crippen LogP contribution >= 0.6 is 11.8 Å². The van der Waals surface area contributed by atoms with Gasteiger partial charge in [-0.15, -0.1) is 10.2 Å². The summed E-state index contributed by atoms with van der Waals surface area (Å²) in [5.41, 5.74) is 4.42. The molecular formula is C24H22N4O3S. The summed E-state index contributed by atoms with van der Waals surface area (Å²) in [6, 6.07) is 17.3. The van der Waals surface area contributed by atoms with Gasteiger partial charge in [0.15, 0.2) is 10.8 Å². The van der Waals surface area contributed by atoms with Crippen molar-refractivity contribution in [3.8, 4) is 0 Å². The Morgan fingerprint density at radius 3 is 2.69 bits per heavy atom. The molecule has 162 valence electrons. The Balaban J connectivity index is 1.41. The van der Waals surface area contributed by atoms with E-state index in [-0.39, 0.29) is 17.6 Å². The van der Waals surface area contributed by atoms with Crippen LogP contribution in [0.5, 0.6) is 0 Å². The minimum atomic E-state index is -0.383. The SMILES string of the molecule is CCOC(=O)/C=C/c1ccc(NC(=O)CSc2nnc3cc(C)c4ccccc4n23)cc1. The van der Waals surface area contributed by atoms with E-state index in [9.17, 15) is 9.59 Å². The van der Waals surface area contributed by atoms with Crippen molar-refractivity contribution >= 4 is 52.0 Å². The molecule has 4 aromatic rings. The van der Waals surface area contributed by atoms with Gasteiger partial charge in [0.2, 0.25) is 5.91 Å². The van der Waals surface area contributed by atoms with Crippen molar-refractivity contribution < 1.29 is 14.3 Å². The number of pyridine rings is 1. The molecule has 2 aromatic carbocycles. The molecule has 0 unspecified atom stereocenters. The Morgan fingerprint density at radius 2 is 1.91 bits per heavy atom. The average Bonchev–Trinajstić information content (AvgIpc) is 3.20. The van der Waals surface area contributed by atoms with Crippen LogP contribution in [0.15, 0.2) is 65.8 Å². The summed E-state index contributed by atoms with van der Waals surface area (Å²) in [4.78, 5) is 23.9. The van der Waals surface area contributed by atoms with Gasteiger partial charge in [0.25, 0.3) is 0 Å². The standard InChI is InChI=1S/C24H22N4O3S/c1-3-31-23(30)13-10-17-8-11-18(12-9-17)25-22(29)15-32-24-27-26-21-14-16(2)19-6-4-5-7-20(19)28(21)24/h4-14H,3,15H2,1-2H3,(H,25,29)/b13-10+. The highest BCUT2D eigenvalue weighted by atomic mass is 32.2. The van der Waals surface area contributed by atoms with E-state index >= 15 is 0 Å². The number of fused-ring (bicyclic) bond motifs is 3. The van der Waals surface area contributed by atoms with Gasteiger partial charge in [-0.05, 0) is 55.3 Å². The van der Waals surface area contributed by atoms with Gasteiger partial charge in [-0.2, -0.15) is 0 Å². The van der Waals surface area contributed by atoms with E-state index in [2.05, 4.69) is 28.5 Å². The van der Waals surface area contributed by atoms with E-state index in [0.717, 1.165) is 27.7 Å². The topological polar surface area (TPSA) is 85.6 Å². The molecule has 7 nitrogen and oxygen atoms in total. The summed E-state index contributed by atoms with van der Waals surface area (Å²) in [7, 11) is 0. The second-order valence-electron chi connectivity index (χ2n) is 7.06. The van der Waals surface area contributed by atoms with Crippen molar-refractivity contribution in [3.05, 3.63) is 71.8 Å². The minimum absolute atomic E-state index is 0.141. The van der Waals surface area contributed by atoms with Crippen LogP contribution in [0.4, 0.5) is 5.69 Å². The number of aromatic nitrogens is 3. The monoisotopic (exact) mass is 446 g/mol. The van der Waals surface area contributed by atoms with Crippen molar-refractivity contribution in [1.82, 2.24) is 14.6 Å². The second kappa shape index (κ2) is 9.65. The smallest absolute Gasteiger partial charge is 0.330 e. The number of hydrogen-bond donors (Lipinski definition) is 1. The van der Waals surface area contributed by atoms with Crippen molar-refractivity contribution in [1.29, 1.82) is 0 Å². The van der Waals surface area contributed by atoms with E-state index in [0.29, 0.717) is 17.5 Å². The van der Waals surface area contributed by atoms with Crippen LogP contribution < -0.4 is 5.32 Å². The highest BCUT2D eigenvalue weighted by molar-refractivity contribution is 7.99. The number of nitrogens with zero attached hydrogens (tertiary/aromatic N) is 3. The summed E-state index contributed by atoms with van der Waals surface area (Å²) in [6.07, 6.45) is 3.05. The quantitative estimate of drug-likeness (QED) is 0.256. The first-order chi connectivity index (χ1) is 15.5. The number of hydrogen-bond acceptors (Lipinski definition) is 6. The molecule has 4 rings (SSSR count). The molecule has 0 aliphatic heterocycles. The van der Waals surface area contributed by atoms with Gasteiger partial charge < -0.3 is 10.1 Å². The molecule has 8 heteroatoms. The molecule has 0 aliphatic rings. The first kappa shape index (κ1) is 21.6. The van der Waals surface area contributed by atoms with E-state index in [1.165, 1.54) is 17.8 Å². The number of rotatable bonds is 7. The molecule has 1 amide bonds. The van der Waals surface area contributed by atoms with Crippen molar-refractivity contribution in [2.45, 2.75) is 19.0 Å². The Kier molecular flexibility index (Phi) is 6.51. The van der Waals surface area contributed by atoms with Crippen molar-refractivity contribution in [2.24, 2.45) is 0 Å². The molecule has 0 bridgehead atoms. The van der Waals surface area contributed by atoms with Gasteiger partial charge in [0.05, 0.1) is 17.9 Å². The lowest BCUT2D eigenvalue weighted by Gasteiger charge is -2.08. The first-order valence-corrected chi connectivity index (χ1v) is 11.1. The third-order valence-corrected chi connectivity index (χ3v) is 5.73. The van der Waals surface area contributed by atoms with Crippen LogP contribution in [-0.2, 0) is 14.3 Å². The molecule has 0 aliphatic carbocycles. The predicted octanol–water partition coefficient (Wildman–Crippen LogP) is 4.50. The molecule has 1 N–H and O–H groups in total. The maximum absolute atomic E-state index is 12.5. The van der Waals surface area contributed by atoms with Crippen molar-refractivity contribution in [2.75, 3.05) is 17.7 Å². The number of esters is 1. The fourth-order valence-electron chi connectivity index (χ4n) is 3.33. The molecule has 0 fully saturated rings. The summed E-state index contributed by atoms with van der Waals surface area (Å²) in [6.45, 7) is 4.15. The number of para-hydroxylation sites is 1. The van der Waals surface area contributed by atoms with E-state index < -0.39 is 0 Å². The largest absolute Gasteiger partial charge is 0.463 e. The minimum Gasteiger partial charge on any atom is -0.463 e. The first-order valence-electron chi connectivity index (χ1n) is 10.2. The average molecular weight is 447 g/mol. The lowest BCUT2D eigenvalue weighted by Crippen LogP contribution is -2.14. The Hall–Kier alpha value is -3.65. The van der Waals surface area contributed by atoms with Crippen LogP contribution in [-0.4, -0.2) is 38.8 Å². The van der Waals surface area contributed by atoms with Crippen LogP contribution in [0.1, 0.15) is 18.1 Å². The normalized spacial score (nSPS) is 11.3. The lowest BCUT2D eigenvalue weighted by atomic mass is 10.1. The second-order valence-corrected chi connectivity index (χ2v) is 8.01. The lowest BCUT2D eigenvalue weighted by molar-refractivity contribution is -0.137. The van der Waals surface area contributed by atoms with E-state index in [4.69, 9.17) is 4.74 Å².